The number of hydrogen-bond donors (Lipinski definition) is 0. The third-order valence-corrected chi connectivity index (χ3v) is 3.77. The van der Waals surface area contributed by atoms with Crippen LogP contribution in [0.5, 0.6) is 0 Å². The molecule has 2 unspecified atom stereocenters. The predicted octanol–water partition coefficient (Wildman–Crippen LogP) is 2.17. The quantitative estimate of drug-likeness (QED) is 0.401. The van der Waals surface area contributed by atoms with Crippen molar-refractivity contribution in [2.24, 2.45) is 11.3 Å². The van der Waals surface area contributed by atoms with Crippen LogP contribution in [-0.4, -0.2) is 16.5 Å². The summed E-state index contributed by atoms with van der Waals surface area (Å²) in [4.78, 5) is 0. The van der Waals surface area contributed by atoms with Gasteiger partial charge in [-0.2, -0.15) is 0 Å². The standard InChI is InChI=1S/C10H17NO/c1-9(2)8-4-5-10(3,6-8)7-11(9)12/h7-8H,4-6H2,1-3H3. The van der Waals surface area contributed by atoms with Gasteiger partial charge in [-0.3, -0.25) is 0 Å². The molecule has 0 radical (unpaired) electrons. The Bertz CT molecular complexity index is 244. The van der Waals surface area contributed by atoms with Gasteiger partial charge in [-0.25, -0.2) is 4.74 Å². The first-order chi connectivity index (χ1) is 5.44. The maximum Gasteiger partial charge on any atom is 0.169 e. The van der Waals surface area contributed by atoms with E-state index in [2.05, 4.69) is 20.8 Å². The third kappa shape index (κ3) is 0.900. The molecule has 2 aliphatic rings. The van der Waals surface area contributed by atoms with Crippen LogP contribution in [0.4, 0.5) is 0 Å². The molecule has 0 spiro atoms. The molecule has 0 aromatic heterocycles. The molecule has 1 heterocycles. The first kappa shape index (κ1) is 8.09. The summed E-state index contributed by atoms with van der Waals surface area (Å²) >= 11 is 0. The summed E-state index contributed by atoms with van der Waals surface area (Å²) < 4.78 is 1.19. The fraction of sp³-hybridized carbons (Fsp3) is 0.900. The van der Waals surface area contributed by atoms with Crippen LogP contribution in [-0.2, 0) is 0 Å². The lowest BCUT2D eigenvalue weighted by molar-refractivity contribution is -0.555. The molecule has 0 aromatic rings. The van der Waals surface area contributed by atoms with Crippen molar-refractivity contribution in [2.45, 2.75) is 45.6 Å². The Morgan fingerprint density at radius 2 is 2.08 bits per heavy atom. The van der Waals surface area contributed by atoms with Crippen molar-refractivity contribution >= 4 is 6.21 Å². The summed E-state index contributed by atoms with van der Waals surface area (Å²) in [6.45, 7) is 6.32. The Kier molecular flexibility index (Phi) is 1.37. The van der Waals surface area contributed by atoms with E-state index in [9.17, 15) is 5.21 Å². The Labute approximate surface area is 73.9 Å². The van der Waals surface area contributed by atoms with Crippen molar-refractivity contribution in [2.75, 3.05) is 0 Å². The first-order valence-corrected chi connectivity index (χ1v) is 4.77. The van der Waals surface area contributed by atoms with E-state index in [0.29, 0.717) is 5.92 Å². The summed E-state index contributed by atoms with van der Waals surface area (Å²) in [7, 11) is 0. The molecular weight excluding hydrogens is 150 g/mol. The fourth-order valence-corrected chi connectivity index (χ4v) is 2.62. The van der Waals surface area contributed by atoms with Crippen molar-refractivity contribution in [1.29, 1.82) is 0 Å². The summed E-state index contributed by atoms with van der Waals surface area (Å²) in [5, 5.41) is 11.6. The van der Waals surface area contributed by atoms with Gasteiger partial charge in [0.2, 0.25) is 0 Å². The van der Waals surface area contributed by atoms with Crippen LogP contribution in [0, 0.1) is 16.5 Å². The average molecular weight is 167 g/mol. The lowest BCUT2D eigenvalue weighted by Crippen LogP contribution is -2.45. The molecule has 0 amide bonds. The number of rotatable bonds is 0. The molecule has 68 valence electrons. The molecule has 1 aliphatic carbocycles. The van der Waals surface area contributed by atoms with E-state index in [-0.39, 0.29) is 11.0 Å². The van der Waals surface area contributed by atoms with Crippen LogP contribution >= 0.6 is 0 Å². The summed E-state index contributed by atoms with van der Waals surface area (Å²) in [6.07, 6.45) is 5.52. The SMILES string of the molecule is CC12C=[N+]([O-])C(C)(C)C(CC1)C2. The second-order valence-corrected chi connectivity index (χ2v) is 5.20. The molecule has 2 heteroatoms. The largest absolute Gasteiger partial charge is 0.624 e. The van der Waals surface area contributed by atoms with Gasteiger partial charge in [0, 0.05) is 25.2 Å². The topological polar surface area (TPSA) is 26.1 Å². The molecule has 0 saturated heterocycles. The van der Waals surface area contributed by atoms with E-state index in [0.717, 1.165) is 0 Å². The van der Waals surface area contributed by atoms with Crippen LogP contribution in [0.15, 0.2) is 0 Å². The highest BCUT2D eigenvalue weighted by Gasteiger charge is 2.51. The smallest absolute Gasteiger partial charge is 0.169 e. The molecule has 2 atom stereocenters. The third-order valence-electron chi connectivity index (χ3n) is 3.77. The molecule has 12 heavy (non-hydrogen) atoms. The van der Waals surface area contributed by atoms with Gasteiger partial charge >= 0.3 is 0 Å². The van der Waals surface area contributed by atoms with E-state index in [4.69, 9.17) is 0 Å². The zero-order valence-electron chi connectivity index (χ0n) is 8.13. The lowest BCUT2D eigenvalue weighted by Gasteiger charge is -2.35. The molecule has 2 nitrogen and oxygen atoms in total. The summed E-state index contributed by atoms with van der Waals surface area (Å²) in [6, 6.07) is 0. The van der Waals surface area contributed by atoms with Gasteiger partial charge < -0.3 is 5.21 Å². The van der Waals surface area contributed by atoms with Gasteiger partial charge in [0.05, 0.1) is 0 Å². The van der Waals surface area contributed by atoms with Gasteiger partial charge in [-0.1, -0.05) is 6.92 Å². The molecule has 1 aliphatic heterocycles. The minimum atomic E-state index is -0.157. The van der Waals surface area contributed by atoms with E-state index < -0.39 is 0 Å². The number of fused-ring (bicyclic) bond motifs is 2. The lowest BCUT2D eigenvalue weighted by atomic mass is 9.79. The molecule has 1 fully saturated rings. The molecule has 0 aromatic carbocycles. The molecular formula is C10H17NO. The predicted molar refractivity (Wildman–Crippen MR) is 49.2 cm³/mol. The fourth-order valence-electron chi connectivity index (χ4n) is 2.62. The maximum atomic E-state index is 11.6. The second kappa shape index (κ2) is 2.04. The minimum Gasteiger partial charge on any atom is -0.624 e. The Balaban J connectivity index is 2.42. The summed E-state index contributed by atoms with van der Waals surface area (Å²) in [5.74, 6) is 0.602. The molecule has 2 rings (SSSR count). The van der Waals surface area contributed by atoms with E-state index in [1.165, 1.54) is 24.0 Å². The van der Waals surface area contributed by atoms with Crippen LogP contribution in [0.25, 0.3) is 0 Å². The zero-order chi connectivity index (χ0) is 8.98. The van der Waals surface area contributed by atoms with Crippen LogP contribution < -0.4 is 0 Å². The van der Waals surface area contributed by atoms with Gasteiger partial charge in [0.1, 0.15) is 0 Å². The Morgan fingerprint density at radius 1 is 1.42 bits per heavy atom. The maximum absolute atomic E-state index is 11.6. The van der Waals surface area contributed by atoms with Crippen molar-refractivity contribution < 1.29 is 4.74 Å². The van der Waals surface area contributed by atoms with Gasteiger partial charge in [-0.05, 0) is 19.3 Å². The van der Waals surface area contributed by atoms with Crippen molar-refractivity contribution in [1.82, 2.24) is 0 Å². The van der Waals surface area contributed by atoms with Gasteiger partial charge in [0.15, 0.2) is 11.8 Å². The monoisotopic (exact) mass is 167 g/mol. The van der Waals surface area contributed by atoms with Crippen molar-refractivity contribution in [3.8, 4) is 0 Å². The van der Waals surface area contributed by atoms with E-state index >= 15 is 0 Å². The second-order valence-electron chi connectivity index (χ2n) is 5.20. The minimum absolute atomic E-state index is 0.157. The van der Waals surface area contributed by atoms with Gasteiger partial charge in [0.25, 0.3) is 0 Å². The molecule has 0 N–H and O–H groups in total. The highest BCUT2D eigenvalue weighted by Crippen LogP contribution is 2.48. The number of hydrogen-bond acceptors (Lipinski definition) is 1. The van der Waals surface area contributed by atoms with Crippen LogP contribution in [0.1, 0.15) is 40.0 Å². The first-order valence-electron chi connectivity index (χ1n) is 4.77. The normalized spacial score (nSPS) is 44.2. The number of nitrogens with zero attached hydrogens (tertiary/aromatic N) is 1. The molecule has 2 bridgehead atoms. The highest BCUT2D eigenvalue weighted by atomic mass is 16.5. The zero-order valence-corrected chi connectivity index (χ0v) is 8.13. The van der Waals surface area contributed by atoms with E-state index in [1.54, 1.807) is 0 Å². The van der Waals surface area contributed by atoms with E-state index in [1.807, 2.05) is 6.21 Å². The Morgan fingerprint density at radius 3 is 2.75 bits per heavy atom. The number of hydroxylamine groups is 1. The van der Waals surface area contributed by atoms with Crippen LogP contribution in [0.3, 0.4) is 0 Å². The Hall–Kier alpha value is -0.530. The van der Waals surface area contributed by atoms with Crippen LogP contribution in [0.2, 0.25) is 0 Å². The van der Waals surface area contributed by atoms with Crippen molar-refractivity contribution in [3.63, 3.8) is 0 Å². The highest BCUT2D eigenvalue weighted by molar-refractivity contribution is 5.62. The molecule has 1 saturated carbocycles. The average Bonchev–Trinajstić information content (AvgIpc) is 2.28. The summed E-state index contributed by atoms with van der Waals surface area (Å²) in [5.41, 5.74) is 0.0535. The van der Waals surface area contributed by atoms with Gasteiger partial charge in [-0.15, -0.1) is 0 Å². The van der Waals surface area contributed by atoms with Crippen molar-refractivity contribution in [3.05, 3.63) is 5.21 Å².